The summed E-state index contributed by atoms with van der Waals surface area (Å²) in [5.74, 6) is -2.28. The topological polar surface area (TPSA) is 83.5 Å². The van der Waals surface area contributed by atoms with Crippen LogP contribution in [0.1, 0.15) is 15.9 Å². The third-order valence-electron chi connectivity index (χ3n) is 2.25. The zero-order chi connectivity index (χ0) is 13.9. The van der Waals surface area contributed by atoms with Crippen molar-refractivity contribution in [1.82, 2.24) is 4.72 Å². The van der Waals surface area contributed by atoms with Gasteiger partial charge in [-0.2, -0.15) is 0 Å². The first-order chi connectivity index (χ1) is 8.29. The van der Waals surface area contributed by atoms with Crippen LogP contribution in [-0.4, -0.2) is 26.0 Å². The molecule has 0 saturated heterocycles. The molecule has 0 spiro atoms. The van der Waals surface area contributed by atoms with Gasteiger partial charge in [-0.3, -0.25) is 0 Å². The zero-order valence-corrected chi connectivity index (χ0v) is 10.4. The number of halogens is 1. The first-order valence-corrected chi connectivity index (χ1v) is 6.42. The Balaban J connectivity index is 3.39. The number of sulfonamides is 1. The molecule has 0 heterocycles. The molecule has 0 radical (unpaired) electrons. The Morgan fingerprint density at radius 2 is 2.17 bits per heavy atom. The van der Waals surface area contributed by atoms with Crippen molar-refractivity contribution in [2.75, 3.05) is 6.54 Å². The maximum atomic E-state index is 13.5. The van der Waals surface area contributed by atoms with Crippen LogP contribution in [0.25, 0.3) is 0 Å². The molecule has 0 fully saturated rings. The fraction of sp³-hybridized carbons (Fsp3) is 0.182. The van der Waals surface area contributed by atoms with E-state index >= 15 is 0 Å². The second kappa shape index (κ2) is 5.28. The molecular formula is C11H12FNO4S. The molecule has 0 aliphatic heterocycles. The van der Waals surface area contributed by atoms with Gasteiger partial charge in [0, 0.05) is 12.1 Å². The summed E-state index contributed by atoms with van der Waals surface area (Å²) in [6.45, 7) is 4.59. The molecule has 1 rings (SSSR count). The minimum absolute atomic E-state index is 0.0271. The highest BCUT2D eigenvalue weighted by molar-refractivity contribution is 7.89. The summed E-state index contributed by atoms with van der Waals surface area (Å²) in [4.78, 5) is 10.4. The Kier molecular flexibility index (Phi) is 4.20. The Labute approximate surface area is 104 Å². The number of nitrogens with one attached hydrogen (secondary N) is 1. The fourth-order valence-corrected chi connectivity index (χ4v) is 2.58. The molecule has 18 heavy (non-hydrogen) atoms. The SMILES string of the molecule is C=CCNS(=O)(=O)c1cc(C(=O)O)cc(F)c1C. The van der Waals surface area contributed by atoms with Crippen LogP contribution < -0.4 is 4.72 Å². The summed E-state index contributed by atoms with van der Waals surface area (Å²) in [6.07, 6.45) is 1.32. The highest BCUT2D eigenvalue weighted by Gasteiger charge is 2.21. The molecule has 0 aromatic heterocycles. The van der Waals surface area contributed by atoms with Gasteiger partial charge >= 0.3 is 5.97 Å². The van der Waals surface area contributed by atoms with E-state index in [4.69, 9.17) is 5.11 Å². The molecule has 0 saturated carbocycles. The number of benzene rings is 1. The van der Waals surface area contributed by atoms with Crippen LogP contribution in [0.2, 0.25) is 0 Å². The quantitative estimate of drug-likeness (QED) is 0.792. The molecule has 0 aliphatic rings. The van der Waals surface area contributed by atoms with Gasteiger partial charge in [0.15, 0.2) is 0 Å². The van der Waals surface area contributed by atoms with Crippen molar-refractivity contribution in [1.29, 1.82) is 0 Å². The second-order valence-electron chi connectivity index (χ2n) is 3.53. The molecule has 98 valence electrons. The smallest absolute Gasteiger partial charge is 0.335 e. The van der Waals surface area contributed by atoms with Crippen LogP contribution in [0, 0.1) is 12.7 Å². The summed E-state index contributed by atoms with van der Waals surface area (Å²) in [5.41, 5.74) is -0.548. The monoisotopic (exact) mass is 273 g/mol. The second-order valence-corrected chi connectivity index (χ2v) is 5.26. The predicted molar refractivity (Wildman–Crippen MR) is 63.5 cm³/mol. The highest BCUT2D eigenvalue weighted by Crippen LogP contribution is 2.20. The molecule has 1 aromatic carbocycles. The molecule has 2 N–H and O–H groups in total. The fourth-order valence-electron chi connectivity index (χ4n) is 1.30. The Morgan fingerprint density at radius 3 is 2.67 bits per heavy atom. The number of hydrogen-bond acceptors (Lipinski definition) is 3. The Hall–Kier alpha value is -1.73. The van der Waals surface area contributed by atoms with Crippen LogP contribution in [0.15, 0.2) is 29.7 Å². The largest absolute Gasteiger partial charge is 0.478 e. The lowest BCUT2D eigenvalue weighted by atomic mass is 10.1. The molecule has 5 nitrogen and oxygen atoms in total. The third-order valence-corrected chi connectivity index (χ3v) is 3.80. The van der Waals surface area contributed by atoms with Crippen LogP contribution in [0.3, 0.4) is 0 Å². The summed E-state index contributed by atoms with van der Waals surface area (Å²) in [7, 11) is -3.96. The van der Waals surface area contributed by atoms with E-state index in [1.165, 1.54) is 13.0 Å². The molecule has 0 amide bonds. The van der Waals surface area contributed by atoms with Crippen LogP contribution in [-0.2, 0) is 10.0 Å². The van der Waals surface area contributed by atoms with Gasteiger partial charge < -0.3 is 5.11 Å². The van der Waals surface area contributed by atoms with Gasteiger partial charge in [-0.05, 0) is 19.1 Å². The maximum Gasteiger partial charge on any atom is 0.335 e. The van der Waals surface area contributed by atoms with Crippen LogP contribution >= 0.6 is 0 Å². The number of carbonyl (C=O) groups is 1. The molecule has 7 heteroatoms. The number of rotatable bonds is 5. The van der Waals surface area contributed by atoms with E-state index in [9.17, 15) is 17.6 Å². The van der Waals surface area contributed by atoms with Gasteiger partial charge in [0.1, 0.15) is 5.82 Å². The molecule has 1 aromatic rings. The van der Waals surface area contributed by atoms with Gasteiger partial charge in [-0.15, -0.1) is 6.58 Å². The van der Waals surface area contributed by atoms with E-state index in [1.807, 2.05) is 0 Å². The van der Waals surface area contributed by atoms with E-state index in [-0.39, 0.29) is 17.0 Å². The van der Waals surface area contributed by atoms with Crippen molar-refractivity contribution in [3.05, 3.63) is 41.7 Å². The first-order valence-electron chi connectivity index (χ1n) is 4.93. The molecule has 0 unspecified atom stereocenters. The summed E-state index contributed by atoms with van der Waals surface area (Å²) in [6, 6.07) is 1.70. The lowest BCUT2D eigenvalue weighted by molar-refractivity contribution is 0.0696. The van der Waals surface area contributed by atoms with Crippen LogP contribution in [0.5, 0.6) is 0 Å². The lowest BCUT2D eigenvalue weighted by Crippen LogP contribution is -2.25. The van der Waals surface area contributed by atoms with Crippen molar-refractivity contribution >= 4 is 16.0 Å². The van der Waals surface area contributed by atoms with Gasteiger partial charge in [0.05, 0.1) is 10.5 Å². The van der Waals surface area contributed by atoms with E-state index in [0.717, 1.165) is 12.1 Å². The molecule has 0 aliphatic carbocycles. The number of hydrogen-bond donors (Lipinski definition) is 2. The molecular weight excluding hydrogens is 261 g/mol. The van der Waals surface area contributed by atoms with Gasteiger partial charge in [0.2, 0.25) is 10.0 Å². The number of carboxylic acid groups (broad SMARTS) is 1. The average molecular weight is 273 g/mol. The van der Waals surface area contributed by atoms with Gasteiger partial charge in [-0.1, -0.05) is 6.08 Å². The Bertz CT molecular complexity index is 595. The van der Waals surface area contributed by atoms with Crippen molar-refractivity contribution in [3.63, 3.8) is 0 Å². The van der Waals surface area contributed by atoms with Crippen molar-refractivity contribution in [3.8, 4) is 0 Å². The standard InChI is InChI=1S/C11H12FNO4S/c1-3-4-13-18(16,17)10-6-8(11(14)15)5-9(12)7(10)2/h3,5-6,13H,1,4H2,2H3,(H,14,15). The van der Waals surface area contributed by atoms with Crippen molar-refractivity contribution in [2.24, 2.45) is 0 Å². The Morgan fingerprint density at radius 1 is 1.56 bits per heavy atom. The average Bonchev–Trinajstić information content (AvgIpc) is 2.29. The van der Waals surface area contributed by atoms with Gasteiger partial charge in [-0.25, -0.2) is 22.3 Å². The normalized spacial score (nSPS) is 11.2. The van der Waals surface area contributed by atoms with E-state index < -0.39 is 27.4 Å². The molecule has 0 bridgehead atoms. The van der Waals surface area contributed by atoms with Gasteiger partial charge in [0.25, 0.3) is 0 Å². The van der Waals surface area contributed by atoms with Crippen LogP contribution in [0.4, 0.5) is 4.39 Å². The number of carboxylic acids is 1. The summed E-state index contributed by atoms with van der Waals surface area (Å²) < 4.78 is 39.3. The van der Waals surface area contributed by atoms with E-state index in [2.05, 4.69) is 11.3 Å². The van der Waals surface area contributed by atoms with E-state index in [0.29, 0.717) is 0 Å². The third kappa shape index (κ3) is 2.93. The predicted octanol–water partition coefficient (Wildman–Crippen LogP) is 1.30. The lowest BCUT2D eigenvalue weighted by Gasteiger charge is -2.09. The first kappa shape index (κ1) is 14.3. The summed E-state index contributed by atoms with van der Waals surface area (Å²) >= 11 is 0. The zero-order valence-electron chi connectivity index (χ0n) is 9.60. The van der Waals surface area contributed by atoms with Crippen molar-refractivity contribution in [2.45, 2.75) is 11.8 Å². The molecule has 0 atom stereocenters. The summed E-state index contributed by atoms with van der Waals surface area (Å²) in [5, 5.41) is 8.77. The number of aromatic carboxylic acids is 1. The highest BCUT2D eigenvalue weighted by atomic mass is 32.2. The minimum Gasteiger partial charge on any atom is -0.478 e. The van der Waals surface area contributed by atoms with Crippen molar-refractivity contribution < 1.29 is 22.7 Å². The van der Waals surface area contributed by atoms with E-state index in [1.54, 1.807) is 0 Å². The maximum absolute atomic E-state index is 13.5. The minimum atomic E-state index is -3.96.